The molecular formula is C17H16BrNO6. The second kappa shape index (κ2) is 9.03. The van der Waals surface area contributed by atoms with Gasteiger partial charge >= 0.3 is 11.9 Å². The number of esters is 2. The Hall–Kier alpha value is -2.61. The normalized spacial score (nSPS) is 11.4. The van der Waals surface area contributed by atoms with Crippen LogP contribution in [0.4, 0.5) is 0 Å². The minimum Gasteiger partial charge on any atom is -0.467 e. The lowest BCUT2D eigenvalue weighted by atomic mass is 10.1. The number of furan rings is 1. The van der Waals surface area contributed by atoms with Gasteiger partial charge in [0.2, 0.25) is 5.76 Å². The van der Waals surface area contributed by atoms with E-state index in [2.05, 4.69) is 21.2 Å². The van der Waals surface area contributed by atoms with E-state index in [1.165, 1.54) is 19.2 Å². The molecular weight excluding hydrogens is 394 g/mol. The van der Waals surface area contributed by atoms with Gasteiger partial charge < -0.3 is 19.2 Å². The third-order valence-corrected chi connectivity index (χ3v) is 3.64. The van der Waals surface area contributed by atoms with Crippen molar-refractivity contribution in [2.75, 3.05) is 13.7 Å². The lowest BCUT2D eigenvalue weighted by Gasteiger charge is -2.16. The summed E-state index contributed by atoms with van der Waals surface area (Å²) in [5, 5.41) is 2.50. The predicted molar refractivity (Wildman–Crippen MR) is 90.8 cm³/mol. The Morgan fingerprint density at radius 1 is 1.16 bits per heavy atom. The lowest BCUT2D eigenvalue weighted by molar-refractivity contribution is -0.145. The lowest BCUT2D eigenvalue weighted by Crippen LogP contribution is -2.44. The van der Waals surface area contributed by atoms with Gasteiger partial charge in [-0.05, 0) is 33.6 Å². The Balaban J connectivity index is 1.90. The van der Waals surface area contributed by atoms with Crippen molar-refractivity contribution < 1.29 is 28.3 Å². The quantitative estimate of drug-likeness (QED) is 0.703. The molecule has 0 unspecified atom stereocenters. The highest BCUT2D eigenvalue weighted by Gasteiger charge is 2.23. The number of methoxy groups -OCH3 is 1. The number of ether oxygens (including phenoxy) is 2. The number of carbonyl (C=O) groups is 3. The first-order valence-electron chi connectivity index (χ1n) is 7.33. The summed E-state index contributed by atoms with van der Waals surface area (Å²) < 4.78 is 15.0. The molecule has 25 heavy (non-hydrogen) atoms. The van der Waals surface area contributed by atoms with Crippen molar-refractivity contribution in [2.45, 2.75) is 12.5 Å². The van der Waals surface area contributed by atoms with E-state index in [4.69, 9.17) is 13.9 Å². The molecule has 0 aliphatic rings. The number of hydrogen-bond donors (Lipinski definition) is 1. The molecule has 2 rings (SSSR count). The first-order valence-corrected chi connectivity index (χ1v) is 8.12. The van der Waals surface area contributed by atoms with E-state index >= 15 is 0 Å². The van der Waals surface area contributed by atoms with E-state index in [1.807, 2.05) is 30.3 Å². The number of halogens is 1. The van der Waals surface area contributed by atoms with Crippen molar-refractivity contribution in [1.82, 2.24) is 5.32 Å². The largest absolute Gasteiger partial charge is 0.467 e. The van der Waals surface area contributed by atoms with Gasteiger partial charge in [0.05, 0.1) is 7.11 Å². The van der Waals surface area contributed by atoms with Crippen LogP contribution in [0.2, 0.25) is 0 Å². The Labute approximate surface area is 152 Å². The van der Waals surface area contributed by atoms with Crippen LogP contribution in [0.5, 0.6) is 0 Å². The van der Waals surface area contributed by atoms with E-state index in [0.29, 0.717) is 4.67 Å². The number of rotatable bonds is 7. The van der Waals surface area contributed by atoms with Crippen molar-refractivity contribution in [3.05, 3.63) is 58.5 Å². The van der Waals surface area contributed by atoms with Gasteiger partial charge in [0, 0.05) is 6.42 Å². The van der Waals surface area contributed by atoms with Crippen LogP contribution in [0, 0.1) is 0 Å². The van der Waals surface area contributed by atoms with Gasteiger partial charge in [-0.25, -0.2) is 9.59 Å². The maximum Gasteiger partial charge on any atom is 0.374 e. The minimum absolute atomic E-state index is 0.0338. The second-order valence-corrected chi connectivity index (χ2v) is 5.79. The van der Waals surface area contributed by atoms with Crippen LogP contribution < -0.4 is 5.32 Å². The molecule has 0 saturated carbocycles. The van der Waals surface area contributed by atoms with E-state index < -0.39 is 30.5 Å². The molecule has 1 aromatic carbocycles. The topological polar surface area (TPSA) is 94.8 Å². The fourth-order valence-electron chi connectivity index (χ4n) is 2.05. The van der Waals surface area contributed by atoms with Gasteiger partial charge in [-0.2, -0.15) is 0 Å². The van der Waals surface area contributed by atoms with E-state index in [9.17, 15) is 14.4 Å². The molecule has 1 amide bonds. The smallest absolute Gasteiger partial charge is 0.374 e. The van der Waals surface area contributed by atoms with Crippen LogP contribution in [-0.4, -0.2) is 37.6 Å². The summed E-state index contributed by atoms with van der Waals surface area (Å²) in [6.45, 7) is -0.542. The van der Waals surface area contributed by atoms with Crippen LogP contribution >= 0.6 is 15.9 Å². The van der Waals surface area contributed by atoms with Crippen molar-refractivity contribution >= 4 is 33.8 Å². The van der Waals surface area contributed by atoms with E-state index in [0.717, 1.165) is 5.56 Å². The van der Waals surface area contributed by atoms with Gasteiger partial charge in [0.15, 0.2) is 11.3 Å². The van der Waals surface area contributed by atoms with Crippen LogP contribution in [0.25, 0.3) is 0 Å². The molecule has 1 heterocycles. The highest BCUT2D eigenvalue weighted by molar-refractivity contribution is 9.10. The Morgan fingerprint density at radius 3 is 2.48 bits per heavy atom. The highest BCUT2D eigenvalue weighted by atomic mass is 79.9. The number of hydrogen-bond acceptors (Lipinski definition) is 6. The van der Waals surface area contributed by atoms with Gasteiger partial charge in [-0.15, -0.1) is 0 Å². The predicted octanol–water partition coefficient (Wildman–Crippen LogP) is 2.10. The first kappa shape index (κ1) is 18.7. The number of nitrogens with one attached hydrogen (secondary N) is 1. The standard InChI is InChI=1S/C17H16BrNO6/c1-23-16(21)12(9-11-5-3-2-4-6-11)19-15(20)10-24-17(22)13-7-8-14(18)25-13/h2-8,12H,9-10H2,1H3,(H,19,20)/t12-/m1/s1. The average molecular weight is 410 g/mol. The Kier molecular flexibility index (Phi) is 6.76. The molecule has 8 heteroatoms. The van der Waals surface area contributed by atoms with Crippen LogP contribution in [0.3, 0.4) is 0 Å². The van der Waals surface area contributed by atoms with Gasteiger partial charge in [0.1, 0.15) is 6.04 Å². The zero-order chi connectivity index (χ0) is 18.2. The zero-order valence-corrected chi connectivity index (χ0v) is 14.9. The van der Waals surface area contributed by atoms with Crippen molar-refractivity contribution in [3.63, 3.8) is 0 Å². The minimum atomic E-state index is -0.878. The maximum atomic E-state index is 12.0. The summed E-state index contributed by atoms with van der Waals surface area (Å²) in [5.41, 5.74) is 0.857. The molecule has 0 radical (unpaired) electrons. The third kappa shape index (κ3) is 5.75. The number of carbonyl (C=O) groups excluding carboxylic acids is 3. The number of benzene rings is 1. The Bertz CT molecular complexity index is 743. The van der Waals surface area contributed by atoms with Crippen molar-refractivity contribution in [2.24, 2.45) is 0 Å². The van der Waals surface area contributed by atoms with Gasteiger partial charge in [-0.3, -0.25) is 4.79 Å². The summed E-state index contributed by atoms with van der Waals surface area (Å²) in [6.07, 6.45) is 0.262. The summed E-state index contributed by atoms with van der Waals surface area (Å²) in [7, 11) is 1.24. The molecule has 0 fully saturated rings. The molecule has 132 valence electrons. The zero-order valence-electron chi connectivity index (χ0n) is 13.4. The van der Waals surface area contributed by atoms with Gasteiger partial charge in [-0.1, -0.05) is 30.3 Å². The fourth-order valence-corrected chi connectivity index (χ4v) is 2.35. The van der Waals surface area contributed by atoms with Crippen LogP contribution in [0.1, 0.15) is 16.1 Å². The van der Waals surface area contributed by atoms with E-state index in [-0.39, 0.29) is 12.2 Å². The molecule has 2 aromatic rings. The fraction of sp³-hybridized carbons (Fsp3) is 0.235. The molecule has 0 aliphatic heterocycles. The molecule has 1 N–H and O–H groups in total. The maximum absolute atomic E-state index is 12.0. The van der Waals surface area contributed by atoms with Crippen LogP contribution in [0.15, 0.2) is 51.6 Å². The third-order valence-electron chi connectivity index (χ3n) is 3.21. The van der Waals surface area contributed by atoms with Crippen LogP contribution in [-0.2, 0) is 25.5 Å². The molecule has 0 saturated heterocycles. The second-order valence-electron chi connectivity index (χ2n) is 5.01. The molecule has 7 nitrogen and oxygen atoms in total. The summed E-state index contributed by atoms with van der Waals surface area (Å²) in [4.78, 5) is 35.5. The molecule has 1 atom stereocenters. The molecule has 0 aliphatic carbocycles. The molecule has 0 spiro atoms. The SMILES string of the molecule is COC(=O)[C@@H](Cc1ccccc1)NC(=O)COC(=O)c1ccc(Br)o1. The highest BCUT2D eigenvalue weighted by Crippen LogP contribution is 2.14. The average Bonchev–Trinajstić information content (AvgIpc) is 3.06. The molecule has 1 aromatic heterocycles. The van der Waals surface area contributed by atoms with E-state index in [1.54, 1.807) is 0 Å². The van der Waals surface area contributed by atoms with Gasteiger partial charge in [0.25, 0.3) is 5.91 Å². The summed E-state index contributed by atoms with van der Waals surface area (Å²) >= 11 is 3.06. The Morgan fingerprint density at radius 2 is 1.88 bits per heavy atom. The summed E-state index contributed by atoms with van der Waals surface area (Å²) in [5.74, 6) is -2.02. The monoisotopic (exact) mass is 409 g/mol. The summed E-state index contributed by atoms with van der Waals surface area (Å²) in [6, 6.07) is 11.2. The molecule has 0 bridgehead atoms. The van der Waals surface area contributed by atoms with Crippen molar-refractivity contribution in [3.8, 4) is 0 Å². The first-order chi connectivity index (χ1) is 12.0. The van der Waals surface area contributed by atoms with Crippen molar-refractivity contribution in [1.29, 1.82) is 0 Å². The number of amides is 1.